The summed E-state index contributed by atoms with van der Waals surface area (Å²) in [7, 11) is 0. The summed E-state index contributed by atoms with van der Waals surface area (Å²) in [6, 6.07) is 14.5. The number of para-hydroxylation sites is 2. The molecule has 1 unspecified atom stereocenters. The minimum absolute atomic E-state index is 0.141. The molecular weight excluding hydrogens is 490 g/mol. The molecule has 6 nitrogen and oxygen atoms in total. The number of unbranched alkanes of at least 4 members (excludes halogenated alkanes) is 1. The van der Waals surface area contributed by atoms with Crippen LogP contribution in [0, 0.1) is 0 Å². The quantitative estimate of drug-likeness (QED) is 0.216. The zero-order chi connectivity index (χ0) is 23.3. The van der Waals surface area contributed by atoms with Crippen molar-refractivity contribution in [3.05, 3.63) is 88.2 Å². The Labute approximate surface area is 208 Å². The minimum Gasteiger partial charge on any atom is -0.341 e. The molecule has 1 aromatic carbocycles. The maximum atomic E-state index is 12.6. The molecule has 0 aliphatic heterocycles. The highest BCUT2D eigenvalue weighted by Gasteiger charge is 2.27. The van der Waals surface area contributed by atoms with Crippen molar-refractivity contribution in [2.75, 3.05) is 6.54 Å². The number of aryl methyl sites for hydroxylation is 1. The average Bonchev–Trinajstić information content (AvgIpc) is 3.28. The third-order valence-corrected chi connectivity index (χ3v) is 6.96. The molecule has 3 aromatic heterocycles. The van der Waals surface area contributed by atoms with Gasteiger partial charge in [-0.05, 0) is 84.4 Å². The van der Waals surface area contributed by atoms with Crippen molar-refractivity contribution >= 4 is 32.7 Å². The molecule has 0 saturated heterocycles. The van der Waals surface area contributed by atoms with Crippen LogP contribution in [-0.4, -0.2) is 37.2 Å². The number of hydrogen-bond acceptors (Lipinski definition) is 5. The van der Waals surface area contributed by atoms with E-state index in [1.54, 1.807) is 12.4 Å². The van der Waals surface area contributed by atoms with Gasteiger partial charge in [-0.3, -0.25) is 19.7 Å². The van der Waals surface area contributed by atoms with Crippen LogP contribution in [0.25, 0.3) is 11.0 Å². The van der Waals surface area contributed by atoms with Crippen LogP contribution in [0.2, 0.25) is 0 Å². The van der Waals surface area contributed by atoms with Crippen molar-refractivity contribution in [3.63, 3.8) is 0 Å². The Morgan fingerprint density at radius 2 is 2.06 bits per heavy atom. The number of rotatable bonds is 9. The molecule has 0 saturated carbocycles. The van der Waals surface area contributed by atoms with Gasteiger partial charge in [0.25, 0.3) is 0 Å². The van der Waals surface area contributed by atoms with Crippen molar-refractivity contribution in [3.8, 4) is 0 Å². The summed E-state index contributed by atoms with van der Waals surface area (Å²) in [5.74, 6) is 1.11. The normalized spacial score (nSPS) is 15.5. The average molecular weight is 518 g/mol. The number of hydrogen-bond donors (Lipinski definition) is 1. The molecule has 0 spiro atoms. The van der Waals surface area contributed by atoms with Crippen LogP contribution in [0.1, 0.15) is 65.6 Å². The Balaban J connectivity index is 1.29. The van der Waals surface area contributed by atoms with E-state index in [9.17, 15) is 4.79 Å². The van der Waals surface area contributed by atoms with Crippen molar-refractivity contribution < 1.29 is 4.79 Å². The fraction of sp³-hybridized carbons (Fsp3) is 0.333. The maximum Gasteiger partial charge on any atom is 0.164 e. The highest BCUT2D eigenvalue weighted by atomic mass is 79.9. The number of pyridine rings is 2. The summed E-state index contributed by atoms with van der Waals surface area (Å²) in [4.78, 5) is 32.3. The fourth-order valence-electron chi connectivity index (χ4n) is 4.87. The predicted molar refractivity (Wildman–Crippen MR) is 137 cm³/mol. The van der Waals surface area contributed by atoms with Crippen molar-refractivity contribution in [1.29, 1.82) is 0 Å². The molecule has 1 aliphatic carbocycles. The number of aromatic nitrogens is 4. The Bertz CT molecular complexity index is 1250. The Morgan fingerprint density at radius 1 is 1.15 bits per heavy atom. The predicted octanol–water partition coefficient (Wildman–Crippen LogP) is 6.05. The van der Waals surface area contributed by atoms with Gasteiger partial charge >= 0.3 is 0 Å². The lowest BCUT2D eigenvalue weighted by molar-refractivity contribution is 0.0974. The number of halogens is 1. The lowest BCUT2D eigenvalue weighted by atomic mass is 9.90. The molecule has 34 heavy (non-hydrogen) atoms. The Hall–Kier alpha value is -2.90. The van der Waals surface area contributed by atoms with E-state index in [-0.39, 0.29) is 11.8 Å². The van der Waals surface area contributed by atoms with Gasteiger partial charge in [-0.1, -0.05) is 18.2 Å². The molecule has 4 aromatic rings. The summed E-state index contributed by atoms with van der Waals surface area (Å²) in [6.45, 7) is 1.63. The summed E-state index contributed by atoms with van der Waals surface area (Å²) < 4.78 is 0.832. The fourth-order valence-corrected chi connectivity index (χ4v) is 5.23. The monoisotopic (exact) mass is 517 g/mol. The highest BCUT2D eigenvalue weighted by Crippen LogP contribution is 2.34. The first-order valence-electron chi connectivity index (χ1n) is 11.9. The second-order valence-electron chi connectivity index (χ2n) is 8.90. The van der Waals surface area contributed by atoms with Gasteiger partial charge in [-0.25, -0.2) is 4.98 Å². The number of carbonyl (C=O) groups excluding carboxylic acids is 1. The summed E-state index contributed by atoms with van der Waals surface area (Å²) in [6.07, 6.45) is 10.9. The molecule has 174 valence electrons. The van der Waals surface area contributed by atoms with Crippen LogP contribution in [0.5, 0.6) is 0 Å². The largest absolute Gasteiger partial charge is 0.341 e. The molecule has 5 rings (SSSR count). The summed E-state index contributed by atoms with van der Waals surface area (Å²) in [5, 5.41) is 0. The third-order valence-electron chi connectivity index (χ3n) is 6.52. The number of nitrogens with zero attached hydrogens (tertiary/aromatic N) is 4. The van der Waals surface area contributed by atoms with E-state index in [0.29, 0.717) is 12.0 Å². The molecule has 0 radical (unpaired) electrons. The Morgan fingerprint density at radius 3 is 2.94 bits per heavy atom. The molecule has 1 N–H and O–H groups in total. The van der Waals surface area contributed by atoms with Gasteiger partial charge in [0.1, 0.15) is 5.82 Å². The summed E-state index contributed by atoms with van der Waals surface area (Å²) in [5.41, 5.74) is 5.27. The number of benzene rings is 1. The number of aromatic amines is 1. The third kappa shape index (κ3) is 5.26. The van der Waals surface area contributed by atoms with E-state index < -0.39 is 0 Å². The molecule has 1 aliphatic rings. The van der Waals surface area contributed by atoms with Gasteiger partial charge < -0.3 is 4.98 Å². The first-order valence-corrected chi connectivity index (χ1v) is 12.7. The molecule has 7 heteroatoms. The molecule has 0 fully saturated rings. The van der Waals surface area contributed by atoms with Crippen LogP contribution in [-0.2, 0) is 13.0 Å². The van der Waals surface area contributed by atoms with Crippen LogP contribution >= 0.6 is 15.9 Å². The van der Waals surface area contributed by atoms with Crippen LogP contribution < -0.4 is 0 Å². The number of fused-ring (bicyclic) bond motifs is 2. The first kappa shape index (κ1) is 22.9. The van der Waals surface area contributed by atoms with Crippen LogP contribution in [0.4, 0.5) is 0 Å². The van der Waals surface area contributed by atoms with Gasteiger partial charge in [-0.2, -0.15) is 0 Å². The zero-order valence-corrected chi connectivity index (χ0v) is 20.7. The van der Waals surface area contributed by atoms with Crippen molar-refractivity contribution in [1.82, 2.24) is 24.8 Å². The number of Topliss-reactive ketones (excluding diaryl/α,β-unsaturated/α-hetero) is 1. The van der Waals surface area contributed by atoms with Gasteiger partial charge in [-0.15, -0.1) is 0 Å². The van der Waals surface area contributed by atoms with E-state index in [0.717, 1.165) is 66.5 Å². The lowest BCUT2D eigenvalue weighted by Gasteiger charge is -2.34. The lowest BCUT2D eigenvalue weighted by Crippen LogP contribution is -2.33. The zero-order valence-electron chi connectivity index (χ0n) is 19.1. The van der Waals surface area contributed by atoms with Gasteiger partial charge in [0.05, 0.1) is 29.3 Å². The molecule has 1 atom stereocenters. The summed E-state index contributed by atoms with van der Waals surface area (Å²) >= 11 is 3.40. The second-order valence-corrected chi connectivity index (χ2v) is 9.81. The number of imidazole rings is 1. The van der Waals surface area contributed by atoms with Crippen molar-refractivity contribution in [2.45, 2.75) is 51.1 Å². The van der Waals surface area contributed by atoms with Crippen LogP contribution in [0.15, 0.2) is 65.5 Å². The van der Waals surface area contributed by atoms with E-state index in [2.05, 4.69) is 42.9 Å². The molecule has 0 bridgehead atoms. The standard InChI is InChI=1S/C27H28BrN5O/c28-21-15-20(16-29-17-21)25(34)12-3-4-14-33(18-26-31-22-9-1-2-10-23(22)32-26)24-11-5-7-19-8-6-13-30-27(19)24/h1-2,6,8-10,13,15-17,24H,3-5,7,11-12,14,18H2,(H,31,32). The van der Waals surface area contributed by atoms with Gasteiger partial charge in [0, 0.05) is 35.0 Å². The molecular formula is C27H28BrN5O. The SMILES string of the molecule is O=C(CCCCN(Cc1nc2ccccc2[nH]1)C1CCCc2cccnc21)c1cncc(Br)c1. The van der Waals surface area contributed by atoms with E-state index >= 15 is 0 Å². The van der Waals surface area contributed by atoms with E-state index in [4.69, 9.17) is 9.97 Å². The number of nitrogens with one attached hydrogen (secondary N) is 1. The van der Waals surface area contributed by atoms with E-state index in [1.807, 2.05) is 36.5 Å². The van der Waals surface area contributed by atoms with Crippen molar-refractivity contribution in [2.24, 2.45) is 0 Å². The Kier molecular flexibility index (Phi) is 7.11. The maximum absolute atomic E-state index is 12.6. The number of H-pyrrole nitrogens is 1. The van der Waals surface area contributed by atoms with Gasteiger partial charge in [0.15, 0.2) is 5.78 Å². The minimum atomic E-state index is 0.141. The van der Waals surface area contributed by atoms with Crippen LogP contribution in [0.3, 0.4) is 0 Å². The highest BCUT2D eigenvalue weighted by molar-refractivity contribution is 9.10. The molecule has 0 amide bonds. The van der Waals surface area contributed by atoms with Gasteiger partial charge in [0.2, 0.25) is 0 Å². The second kappa shape index (κ2) is 10.6. The smallest absolute Gasteiger partial charge is 0.164 e. The number of ketones is 1. The number of carbonyl (C=O) groups is 1. The van der Waals surface area contributed by atoms with E-state index in [1.165, 1.54) is 11.3 Å². The first-order chi connectivity index (χ1) is 16.7. The molecule has 3 heterocycles. The topological polar surface area (TPSA) is 74.8 Å².